The Hall–Kier alpha value is -2.27. The van der Waals surface area contributed by atoms with Gasteiger partial charge in [0.15, 0.2) is 0 Å². The number of hydrogen-bond donors (Lipinski definition) is 1. The third kappa shape index (κ3) is 3.25. The van der Waals surface area contributed by atoms with Crippen molar-refractivity contribution in [3.63, 3.8) is 0 Å². The number of sulfone groups is 1. The van der Waals surface area contributed by atoms with E-state index < -0.39 is 33.6 Å². The minimum atomic E-state index is -4.03. The van der Waals surface area contributed by atoms with Crippen molar-refractivity contribution in [3.05, 3.63) is 52.3 Å². The molecule has 0 bridgehead atoms. The van der Waals surface area contributed by atoms with Crippen molar-refractivity contribution in [1.82, 2.24) is 4.57 Å². The number of allylic oxidation sites excluding steroid dienone is 1. The lowest BCUT2D eigenvalue weighted by Gasteiger charge is -2.19. The zero-order chi connectivity index (χ0) is 19.9. The van der Waals surface area contributed by atoms with Gasteiger partial charge in [0, 0.05) is 22.0 Å². The number of nitrogens with zero attached hydrogens (tertiary/aromatic N) is 2. The topological polar surface area (TPSA) is 100 Å². The summed E-state index contributed by atoms with van der Waals surface area (Å²) in [5.41, 5.74) is 0.840. The Morgan fingerprint density at radius 1 is 1.33 bits per heavy atom. The Bertz CT molecular complexity index is 1100. The van der Waals surface area contributed by atoms with Gasteiger partial charge in [0.05, 0.1) is 27.2 Å². The van der Waals surface area contributed by atoms with Gasteiger partial charge in [-0.2, -0.15) is 5.26 Å². The third-order valence-corrected chi connectivity index (χ3v) is 7.03. The standard InChI is InChI=1S/C18H14Cl2N2O4S/c1-10-18(27(25,26)12-4-2-11(19)3-5-12)17-13(8-21)14(20)6-7-15(17)22(10)9-16(23)24/h2-7,13-14H,9H2,1H3,(H,23,24). The van der Waals surface area contributed by atoms with Crippen LogP contribution in [0.15, 0.2) is 40.1 Å². The van der Waals surface area contributed by atoms with E-state index in [9.17, 15) is 23.6 Å². The van der Waals surface area contributed by atoms with Gasteiger partial charge in [-0.1, -0.05) is 17.7 Å². The molecule has 0 saturated carbocycles. The maximum Gasteiger partial charge on any atom is 0.323 e. The van der Waals surface area contributed by atoms with Crippen LogP contribution in [0.4, 0.5) is 0 Å². The number of halogens is 2. The molecule has 6 nitrogen and oxygen atoms in total. The van der Waals surface area contributed by atoms with Crippen LogP contribution >= 0.6 is 23.2 Å². The Morgan fingerprint density at radius 2 is 1.96 bits per heavy atom. The zero-order valence-corrected chi connectivity index (χ0v) is 16.4. The number of rotatable bonds is 4. The number of benzene rings is 1. The Balaban J connectivity index is 2.35. The van der Waals surface area contributed by atoms with Crippen LogP contribution in [-0.4, -0.2) is 29.4 Å². The Labute approximate surface area is 166 Å². The smallest absolute Gasteiger partial charge is 0.323 e. The lowest BCUT2D eigenvalue weighted by molar-refractivity contribution is -0.137. The summed E-state index contributed by atoms with van der Waals surface area (Å²) in [5.74, 6) is -2.04. The van der Waals surface area contributed by atoms with Gasteiger partial charge in [0.25, 0.3) is 0 Å². The summed E-state index contributed by atoms with van der Waals surface area (Å²) < 4.78 is 28.0. The maximum absolute atomic E-state index is 13.3. The molecule has 1 aromatic heterocycles. The fourth-order valence-corrected chi connectivity index (χ4v) is 5.37. The predicted octanol–water partition coefficient (Wildman–Crippen LogP) is 3.61. The average Bonchev–Trinajstić information content (AvgIpc) is 2.87. The molecule has 0 spiro atoms. The number of carboxylic acid groups (broad SMARTS) is 1. The lowest BCUT2D eigenvalue weighted by Crippen LogP contribution is -2.17. The van der Waals surface area contributed by atoms with Gasteiger partial charge < -0.3 is 9.67 Å². The summed E-state index contributed by atoms with van der Waals surface area (Å²) in [4.78, 5) is 11.2. The third-order valence-electron chi connectivity index (χ3n) is 4.44. The molecule has 1 heterocycles. The number of aliphatic carboxylic acids is 1. The van der Waals surface area contributed by atoms with Gasteiger partial charge in [-0.15, -0.1) is 11.6 Å². The summed E-state index contributed by atoms with van der Waals surface area (Å²) >= 11 is 12.1. The van der Waals surface area contributed by atoms with Gasteiger partial charge in [-0.25, -0.2) is 8.42 Å². The molecule has 3 rings (SSSR count). The van der Waals surface area contributed by atoms with Crippen molar-refractivity contribution in [2.24, 2.45) is 0 Å². The van der Waals surface area contributed by atoms with Gasteiger partial charge in [0.1, 0.15) is 6.54 Å². The van der Waals surface area contributed by atoms with Crippen LogP contribution in [0.2, 0.25) is 5.02 Å². The van der Waals surface area contributed by atoms with E-state index in [2.05, 4.69) is 0 Å². The number of fused-ring (bicyclic) bond motifs is 1. The molecule has 0 aliphatic heterocycles. The molecule has 1 N–H and O–H groups in total. The zero-order valence-electron chi connectivity index (χ0n) is 14.1. The second-order valence-corrected chi connectivity index (χ2v) is 8.89. The number of hydrogen-bond acceptors (Lipinski definition) is 4. The molecule has 1 aliphatic rings. The summed E-state index contributed by atoms with van der Waals surface area (Å²) in [6.07, 6.45) is 3.13. The number of aromatic nitrogens is 1. The quantitative estimate of drug-likeness (QED) is 0.755. The molecular formula is C18H14Cl2N2O4S. The molecular weight excluding hydrogens is 411 g/mol. The normalized spacial score (nSPS) is 18.7. The van der Waals surface area contributed by atoms with E-state index in [-0.39, 0.29) is 21.0 Å². The molecule has 1 aromatic carbocycles. The number of alkyl halides is 1. The number of carbonyl (C=O) groups is 1. The molecule has 0 fully saturated rings. The highest BCUT2D eigenvalue weighted by atomic mass is 35.5. The molecule has 140 valence electrons. The van der Waals surface area contributed by atoms with Crippen LogP contribution in [0.3, 0.4) is 0 Å². The van der Waals surface area contributed by atoms with E-state index in [0.29, 0.717) is 10.7 Å². The van der Waals surface area contributed by atoms with Crippen LogP contribution in [0.25, 0.3) is 6.08 Å². The summed E-state index contributed by atoms with van der Waals surface area (Å²) in [7, 11) is -4.03. The summed E-state index contributed by atoms with van der Waals surface area (Å²) in [5, 5.41) is 18.5. The van der Waals surface area contributed by atoms with Gasteiger partial charge in [-0.05, 0) is 37.3 Å². The first-order valence-corrected chi connectivity index (χ1v) is 10.2. The summed E-state index contributed by atoms with van der Waals surface area (Å²) in [6.45, 7) is 1.09. The highest BCUT2D eigenvalue weighted by molar-refractivity contribution is 7.91. The van der Waals surface area contributed by atoms with E-state index >= 15 is 0 Å². The molecule has 2 atom stereocenters. The molecule has 2 aromatic rings. The van der Waals surface area contributed by atoms with Crippen molar-refractivity contribution in [1.29, 1.82) is 5.26 Å². The Morgan fingerprint density at radius 3 is 2.52 bits per heavy atom. The molecule has 9 heteroatoms. The molecule has 0 saturated heterocycles. The second kappa shape index (κ2) is 7.04. The van der Waals surface area contributed by atoms with Gasteiger partial charge >= 0.3 is 5.97 Å². The first-order chi connectivity index (χ1) is 12.7. The Kier molecular flexibility index (Phi) is 5.08. The summed E-state index contributed by atoms with van der Waals surface area (Å²) in [6, 6.07) is 7.70. The monoisotopic (exact) mass is 424 g/mol. The molecule has 1 aliphatic carbocycles. The second-order valence-electron chi connectivity index (χ2n) is 6.06. The first-order valence-electron chi connectivity index (χ1n) is 7.85. The fourth-order valence-electron chi connectivity index (χ4n) is 3.24. The van der Waals surface area contributed by atoms with Crippen LogP contribution in [-0.2, 0) is 21.2 Å². The minimum Gasteiger partial charge on any atom is -0.480 e. The molecule has 27 heavy (non-hydrogen) atoms. The lowest BCUT2D eigenvalue weighted by atomic mass is 9.92. The van der Waals surface area contributed by atoms with Crippen LogP contribution in [0, 0.1) is 18.3 Å². The van der Waals surface area contributed by atoms with Crippen molar-refractivity contribution in [2.45, 2.75) is 34.6 Å². The average molecular weight is 425 g/mol. The van der Waals surface area contributed by atoms with E-state index in [1.165, 1.54) is 35.8 Å². The predicted molar refractivity (Wildman–Crippen MR) is 101 cm³/mol. The van der Waals surface area contributed by atoms with E-state index in [1.54, 1.807) is 12.2 Å². The van der Waals surface area contributed by atoms with Crippen LogP contribution in [0.1, 0.15) is 22.9 Å². The van der Waals surface area contributed by atoms with Crippen molar-refractivity contribution < 1.29 is 18.3 Å². The van der Waals surface area contributed by atoms with Crippen LogP contribution in [0.5, 0.6) is 0 Å². The molecule has 2 unspecified atom stereocenters. The van der Waals surface area contributed by atoms with Crippen molar-refractivity contribution >= 4 is 45.1 Å². The van der Waals surface area contributed by atoms with Crippen LogP contribution < -0.4 is 0 Å². The van der Waals surface area contributed by atoms with E-state index in [0.717, 1.165) is 0 Å². The van der Waals surface area contributed by atoms with E-state index in [1.807, 2.05) is 6.07 Å². The van der Waals surface area contributed by atoms with Gasteiger partial charge in [0.2, 0.25) is 9.84 Å². The molecule has 0 amide bonds. The highest BCUT2D eigenvalue weighted by Gasteiger charge is 2.38. The van der Waals surface area contributed by atoms with E-state index in [4.69, 9.17) is 23.2 Å². The molecule has 0 radical (unpaired) electrons. The largest absolute Gasteiger partial charge is 0.480 e. The van der Waals surface area contributed by atoms with Gasteiger partial charge in [-0.3, -0.25) is 4.79 Å². The maximum atomic E-state index is 13.3. The first kappa shape index (κ1) is 19.5. The number of nitriles is 1. The minimum absolute atomic E-state index is 0.00244. The number of carboxylic acids is 1. The highest BCUT2D eigenvalue weighted by Crippen LogP contribution is 2.42. The van der Waals surface area contributed by atoms with Crippen molar-refractivity contribution in [2.75, 3.05) is 0 Å². The SMILES string of the molecule is Cc1c(S(=O)(=O)c2ccc(Cl)cc2)c2c(n1CC(=O)O)C=CC(Cl)C2C#N. The fraction of sp³-hybridized carbons (Fsp3) is 0.222. The van der Waals surface area contributed by atoms with Crippen molar-refractivity contribution in [3.8, 4) is 6.07 Å².